The molecule has 0 aliphatic carbocycles. The Labute approximate surface area is 119 Å². The van der Waals surface area contributed by atoms with Crippen LogP contribution in [-0.2, 0) is 9.59 Å². The number of hydrogen-bond donors (Lipinski definition) is 2. The predicted molar refractivity (Wildman–Crippen MR) is 76.2 cm³/mol. The maximum absolute atomic E-state index is 11.6. The lowest BCUT2D eigenvalue weighted by molar-refractivity contribution is -0.121. The Bertz CT molecular complexity index is 617. The Morgan fingerprint density at radius 2 is 2.35 bits per heavy atom. The van der Waals surface area contributed by atoms with Crippen molar-refractivity contribution in [2.75, 3.05) is 11.9 Å². The maximum Gasteiger partial charge on any atom is 0.245 e. The van der Waals surface area contributed by atoms with Gasteiger partial charge in [-0.3, -0.25) is 9.59 Å². The fourth-order valence-corrected chi connectivity index (χ4v) is 2.05. The van der Waals surface area contributed by atoms with Crippen molar-refractivity contribution < 1.29 is 14.0 Å². The summed E-state index contributed by atoms with van der Waals surface area (Å²) in [4.78, 5) is 27.1. The summed E-state index contributed by atoms with van der Waals surface area (Å²) >= 11 is 1.34. The minimum atomic E-state index is -0.369. The second kappa shape index (κ2) is 6.67. The van der Waals surface area contributed by atoms with Gasteiger partial charge in [-0.05, 0) is 25.1 Å². The number of carbonyl (C=O) groups is 2. The molecule has 2 aromatic heterocycles. The van der Waals surface area contributed by atoms with Gasteiger partial charge in [-0.2, -0.15) is 0 Å². The number of anilines is 1. The van der Waals surface area contributed by atoms with Gasteiger partial charge in [-0.1, -0.05) is 0 Å². The Balaban J connectivity index is 1.74. The number of thiazole rings is 1. The van der Waals surface area contributed by atoms with Crippen molar-refractivity contribution in [1.29, 1.82) is 0 Å². The second-order valence-corrected chi connectivity index (χ2v) is 4.77. The minimum Gasteiger partial charge on any atom is -0.465 e. The predicted octanol–water partition coefficient (Wildman–Crippen LogP) is 1.81. The first kappa shape index (κ1) is 14.0. The molecule has 0 saturated carbocycles. The molecule has 0 aliphatic heterocycles. The highest BCUT2D eigenvalue weighted by Crippen LogP contribution is 2.13. The van der Waals surface area contributed by atoms with E-state index in [4.69, 9.17) is 4.42 Å². The number of aromatic nitrogens is 1. The van der Waals surface area contributed by atoms with Crippen LogP contribution in [0.3, 0.4) is 0 Å². The lowest BCUT2D eigenvalue weighted by atomic mass is 10.4. The molecule has 0 fully saturated rings. The number of amides is 2. The molecule has 7 heteroatoms. The van der Waals surface area contributed by atoms with Crippen LogP contribution in [0.15, 0.2) is 34.3 Å². The monoisotopic (exact) mass is 291 g/mol. The van der Waals surface area contributed by atoms with Crippen LogP contribution in [0, 0.1) is 6.92 Å². The number of carbonyl (C=O) groups excluding carboxylic acids is 2. The quantitative estimate of drug-likeness (QED) is 0.823. The molecule has 0 atom stereocenters. The van der Waals surface area contributed by atoms with E-state index in [-0.39, 0.29) is 18.4 Å². The van der Waals surface area contributed by atoms with Crippen LogP contribution in [-0.4, -0.2) is 23.3 Å². The number of nitrogens with one attached hydrogen (secondary N) is 2. The highest BCUT2D eigenvalue weighted by molar-refractivity contribution is 7.13. The summed E-state index contributed by atoms with van der Waals surface area (Å²) in [6.07, 6.45) is 4.35. The van der Waals surface area contributed by atoms with Gasteiger partial charge in [0, 0.05) is 11.5 Å². The third kappa shape index (κ3) is 4.36. The first-order chi connectivity index (χ1) is 9.63. The molecular formula is C13H13N3O3S. The average Bonchev–Trinajstić information content (AvgIpc) is 3.06. The Morgan fingerprint density at radius 1 is 1.50 bits per heavy atom. The van der Waals surface area contributed by atoms with Crippen molar-refractivity contribution >= 4 is 34.4 Å². The lowest BCUT2D eigenvalue weighted by Crippen LogP contribution is -2.31. The van der Waals surface area contributed by atoms with Crippen molar-refractivity contribution in [3.8, 4) is 0 Å². The lowest BCUT2D eigenvalue weighted by Gasteiger charge is -2.02. The van der Waals surface area contributed by atoms with Gasteiger partial charge in [0.2, 0.25) is 11.8 Å². The fourth-order valence-electron chi connectivity index (χ4n) is 1.35. The zero-order valence-corrected chi connectivity index (χ0v) is 11.6. The van der Waals surface area contributed by atoms with Crippen LogP contribution in [0.2, 0.25) is 0 Å². The largest absolute Gasteiger partial charge is 0.465 e. The van der Waals surface area contributed by atoms with E-state index in [0.717, 1.165) is 5.69 Å². The summed E-state index contributed by atoms with van der Waals surface area (Å²) < 4.78 is 5.04. The molecule has 2 amide bonds. The van der Waals surface area contributed by atoms with Crippen LogP contribution in [0.4, 0.5) is 5.13 Å². The molecule has 2 heterocycles. The van der Waals surface area contributed by atoms with Crippen molar-refractivity contribution in [2.45, 2.75) is 6.92 Å². The van der Waals surface area contributed by atoms with Gasteiger partial charge in [0.1, 0.15) is 5.76 Å². The van der Waals surface area contributed by atoms with Crippen LogP contribution >= 0.6 is 11.3 Å². The number of hydrogen-bond acceptors (Lipinski definition) is 5. The summed E-state index contributed by atoms with van der Waals surface area (Å²) in [7, 11) is 0. The SMILES string of the molecule is Cc1csc(NC(=O)CNC(=O)C=Cc2ccco2)n1. The third-order valence-electron chi connectivity index (χ3n) is 2.23. The van der Waals surface area contributed by atoms with Gasteiger partial charge in [-0.25, -0.2) is 4.98 Å². The number of aryl methyl sites for hydroxylation is 1. The van der Waals surface area contributed by atoms with Crippen LogP contribution < -0.4 is 10.6 Å². The minimum absolute atomic E-state index is 0.111. The number of furan rings is 1. The molecule has 0 aromatic carbocycles. The molecule has 0 aliphatic rings. The zero-order chi connectivity index (χ0) is 14.4. The van der Waals surface area contributed by atoms with E-state index in [0.29, 0.717) is 10.9 Å². The van der Waals surface area contributed by atoms with Gasteiger partial charge >= 0.3 is 0 Å². The summed E-state index contributed by atoms with van der Waals surface area (Å²) in [5.74, 6) is -0.117. The van der Waals surface area contributed by atoms with Crippen LogP contribution in [0.25, 0.3) is 6.08 Å². The first-order valence-electron chi connectivity index (χ1n) is 5.85. The van der Waals surface area contributed by atoms with Crippen molar-refractivity contribution in [3.05, 3.63) is 41.3 Å². The average molecular weight is 291 g/mol. The molecule has 0 spiro atoms. The second-order valence-electron chi connectivity index (χ2n) is 3.91. The highest BCUT2D eigenvalue weighted by Gasteiger charge is 2.06. The van der Waals surface area contributed by atoms with Crippen molar-refractivity contribution in [2.24, 2.45) is 0 Å². The molecule has 104 valence electrons. The van der Waals surface area contributed by atoms with Gasteiger partial charge < -0.3 is 15.1 Å². The molecule has 2 N–H and O–H groups in total. The Kier molecular flexibility index (Phi) is 4.67. The molecule has 6 nitrogen and oxygen atoms in total. The highest BCUT2D eigenvalue weighted by atomic mass is 32.1. The normalized spacial score (nSPS) is 10.7. The maximum atomic E-state index is 11.6. The fraction of sp³-hybridized carbons (Fsp3) is 0.154. The summed E-state index contributed by atoms with van der Waals surface area (Å²) in [6.45, 7) is 1.73. The van der Waals surface area contributed by atoms with Crippen LogP contribution in [0.1, 0.15) is 11.5 Å². The van der Waals surface area contributed by atoms with E-state index in [1.165, 1.54) is 29.8 Å². The number of rotatable bonds is 5. The summed E-state index contributed by atoms with van der Waals surface area (Å²) in [5, 5.41) is 7.42. The van der Waals surface area contributed by atoms with E-state index in [1.807, 2.05) is 12.3 Å². The first-order valence-corrected chi connectivity index (χ1v) is 6.73. The van der Waals surface area contributed by atoms with Gasteiger partial charge in [0.25, 0.3) is 0 Å². The zero-order valence-electron chi connectivity index (χ0n) is 10.8. The summed E-state index contributed by atoms with van der Waals surface area (Å²) in [5.41, 5.74) is 0.843. The standard InChI is InChI=1S/C13H13N3O3S/c1-9-8-20-13(15-9)16-12(18)7-14-11(17)5-4-10-3-2-6-19-10/h2-6,8H,7H2,1H3,(H,14,17)(H,15,16,18). The molecule has 20 heavy (non-hydrogen) atoms. The van der Waals surface area contributed by atoms with E-state index in [1.54, 1.807) is 12.1 Å². The molecule has 0 bridgehead atoms. The molecule has 0 saturated heterocycles. The van der Waals surface area contributed by atoms with E-state index in [9.17, 15) is 9.59 Å². The number of nitrogens with zero attached hydrogens (tertiary/aromatic N) is 1. The molecule has 2 rings (SSSR count). The van der Waals surface area contributed by atoms with E-state index >= 15 is 0 Å². The summed E-state index contributed by atoms with van der Waals surface area (Å²) in [6, 6.07) is 3.45. The van der Waals surface area contributed by atoms with Crippen molar-refractivity contribution in [3.63, 3.8) is 0 Å². The van der Waals surface area contributed by atoms with Crippen LogP contribution in [0.5, 0.6) is 0 Å². The van der Waals surface area contributed by atoms with Crippen molar-refractivity contribution in [1.82, 2.24) is 10.3 Å². The van der Waals surface area contributed by atoms with Gasteiger partial charge in [-0.15, -0.1) is 11.3 Å². The molecular weight excluding hydrogens is 278 g/mol. The molecule has 2 aromatic rings. The van der Waals surface area contributed by atoms with Gasteiger partial charge in [0.05, 0.1) is 18.5 Å². The van der Waals surface area contributed by atoms with E-state index < -0.39 is 0 Å². The Hall–Kier alpha value is -2.41. The smallest absolute Gasteiger partial charge is 0.245 e. The third-order valence-corrected chi connectivity index (χ3v) is 3.11. The van der Waals surface area contributed by atoms with Gasteiger partial charge in [0.15, 0.2) is 5.13 Å². The van der Waals surface area contributed by atoms with E-state index in [2.05, 4.69) is 15.6 Å². The molecule has 0 unspecified atom stereocenters. The Morgan fingerprint density at radius 3 is 3.00 bits per heavy atom. The topological polar surface area (TPSA) is 84.2 Å². The molecule has 0 radical (unpaired) electrons.